The van der Waals surface area contributed by atoms with Crippen LogP contribution >= 0.6 is 0 Å². The van der Waals surface area contributed by atoms with Crippen LogP contribution in [0.2, 0.25) is 0 Å². The summed E-state index contributed by atoms with van der Waals surface area (Å²) < 4.78 is 13.2. The second-order valence-corrected chi connectivity index (χ2v) is 4.99. The van der Waals surface area contributed by atoms with Gasteiger partial charge in [0.05, 0.1) is 0 Å². The van der Waals surface area contributed by atoms with E-state index in [1.54, 1.807) is 17.0 Å². The van der Waals surface area contributed by atoms with Crippen LogP contribution in [0.25, 0.3) is 0 Å². The standard InChI is InChI=1S/C15H19FN2O2/c1-3-12-15(20)18(13(4-2)14(19)17-12)9-10-6-5-7-11(16)8-10/h5-8,12-13H,3-4,9H2,1-2H3,(H,17,19). The topological polar surface area (TPSA) is 49.4 Å². The molecule has 4 nitrogen and oxygen atoms in total. The maximum atomic E-state index is 13.2. The molecule has 2 unspecified atom stereocenters. The van der Waals surface area contributed by atoms with E-state index in [0.717, 1.165) is 0 Å². The first-order valence-electron chi connectivity index (χ1n) is 6.92. The van der Waals surface area contributed by atoms with Crippen LogP contribution in [0.1, 0.15) is 32.3 Å². The summed E-state index contributed by atoms with van der Waals surface area (Å²) in [5, 5.41) is 2.74. The molecule has 0 saturated carbocycles. The lowest BCUT2D eigenvalue weighted by atomic mass is 10.0. The highest BCUT2D eigenvalue weighted by molar-refractivity contribution is 5.96. The van der Waals surface area contributed by atoms with Gasteiger partial charge in [0.1, 0.15) is 17.9 Å². The van der Waals surface area contributed by atoms with Gasteiger partial charge in [-0.15, -0.1) is 0 Å². The zero-order valence-corrected chi connectivity index (χ0v) is 11.7. The van der Waals surface area contributed by atoms with Gasteiger partial charge in [-0.2, -0.15) is 0 Å². The van der Waals surface area contributed by atoms with E-state index >= 15 is 0 Å². The number of nitrogens with zero attached hydrogens (tertiary/aromatic N) is 1. The lowest BCUT2D eigenvalue weighted by Crippen LogP contribution is -2.62. The first-order chi connectivity index (χ1) is 9.56. The van der Waals surface area contributed by atoms with Gasteiger partial charge in [-0.3, -0.25) is 9.59 Å². The second kappa shape index (κ2) is 6.03. The zero-order valence-electron chi connectivity index (χ0n) is 11.7. The summed E-state index contributed by atoms with van der Waals surface area (Å²) in [5.41, 5.74) is 0.696. The van der Waals surface area contributed by atoms with Crippen LogP contribution in [0.3, 0.4) is 0 Å². The molecule has 1 aromatic rings. The third kappa shape index (κ3) is 2.81. The van der Waals surface area contributed by atoms with E-state index in [9.17, 15) is 14.0 Å². The molecule has 1 heterocycles. The van der Waals surface area contributed by atoms with Gasteiger partial charge >= 0.3 is 0 Å². The lowest BCUT2D eigenvalue weighted by Gasteiger charge is -2.38. The van der Waals surface area contributed by atoms with E-state index in [-0.39, 0.29) is 24.2 Å². The minimum atomic E-state index is -0.478. The molecule has 1 saturated heterocycles. The predicted molar refractivity (Wildman–Crippen MR) is 73.3 cm³/mol. The number of nitrogens with one attached hydrogen (secondary N) is 1. The number of rotatable bonds is 4. The van der Waals surface area contributed by atoms with Crippen molar-refractivity contribution in [3.63, 3.8) is 0 Å². The molecule has 0 radical (unpaired) electrons. The van der Waals surface area contributed by atoms with Gasteiger partial charge in [-0.1, -0.05) is 26.0 Å². The summed E-state index contributed by atoms with van der Waals surface area (Å²) in [7, 11) is 0. The summed E-state index contributed by atoms with van der Waals surface area (Å²) in [6.07, 6.45) is 1.10. The number of halogens is 1. The van der Waals surface area contributed by atoms with Crippen molar-refractivity contribution in [3.8, 4) is 0 Å². The van der Waals surface area contributed by atoms with Crippen molar-refractivity contribution >= 4 is 11.8 Å². The Bertz CT molecular complexity index is 518. The Kier molecular flexibility index (Phi) is 4.37. The number of amides is 2. The summed E-state index contributed by atoms with van der Waals surface area (Å²) in [6, 6.07) is 5.18. The molecule has 2 rings (SSSR count). The SMILES string of the molecule is CCC1NC(=O)C(CC)N(Cc2cccc(F)c2)C1=O. The monoisotopic (exact) mass is 278 g/mol. The van der Waals surface area contributed by atoms with Crippen molar-refractivity contribution < 1.29 is 14.0 Å². The average molecular weight is 278 g/mol. The number of carbonyl (C=O) groups excluding carboxylic acids is 2. The normalized spacial score (nSPS) is 22.9. The molecule has 1 aromatic carbocycles. The van der Waals surface area contributed by atoms with Crippen LogP contribution in [0.5, 0.6) is 0 Å². The van der Waals surface area contributed by atoms with E-state index in [2.05, 4.69) is 5.32 Å². The molecule has 2 amide bonds. The average Bonchev–Trinajstić information content (AvgIpc) is 2.43. The number of benzene rings is 1. The third-order valence-electron chi connectivity index (χ3n) is 3.61. The third-order valence-corrected chi connectivity index (χ3v) is 3.61. The number of carbonyl (C=O) groups is 2. The van der Waals surface area contributed by atoms with E-state index in [1.807, 2.05) is 13.8 Å². The molecule has 1 N–H and O–H groups in total. The van der Waals surface area contributed by atoms with Gasteiger partial charge < -0.3 is 10.2 Å². The Hall–Kier alpha value is -1.91. The Morgan fingerprint density at radius 1 is 1.25 bits per heavy atom. The highest BCUT2D eigenvalue weighted by atomic mass is 19.1. The van der Waals surface area contributed by atoms with Crippen molar-refractivity contribution in [2.45, 2.75) is 45.3 Å². The van der Waals surface area contributed by atoms with Crippen molar-refractivity contribution in [3.05, 3.63) is 35.6 Å². The molecule has 5 heteroatoms. The molecule has 1 aliphatic rings. The van der Waals surface area contributed by atoms with Crippen molar-refractivity contribution in [1.29, 1.82) is 0 Å². The van der Waals surface area contributed by atoms with Gasteiger partial charge in [-0.05, 0) is 30.5 Å². The molecule has 0 spiro atoms. The number of hydrogen-bond acceptors (Lipinski definition) is 2. The van der Waals surface area contributed by atoms with Crippen molar-refractivity contribution in [1.82, 2.24) is 10.2 Å². The highest BCUT2D eigenvalue weighted by Gasteiger charge is 2.38. The van der Waals surface area contributed by atoms with Crippen molar-refractivity contribution in [2.24, 2.45) is 0 Å². The number of hydrogen-bond donors (Lipinski definition) is 1. The van der Waals surface area contributed by atoms with E-state index in [1.165, 1.54) is 12.1 Å². The fraction of sp³-hybridized carbons (Fsp3) is 0.467. The molecule has 0 bridgehead atoms. The molecule has 0 aromatic heterocycles. The maximum Gasteiger partial charge on any atom is 0.246 e. The van der Waals surface area contributed by atoms with Crippen LogP contribution in [-0.2, 0) is 16.1 Å². The highest BCUT2D eigenvalue weighted by Crippen LogP contribution is 2.18. The summed E-state index contributed by atoms with van der Waals surface area (Å²) >= 11 is 0. The Labute approximate surface area is 118 Å². The Morgan fingerprint density at radius 2 is 2.00 bits per heavy atom. The molecular formula is C15H19FN2O2. The molecule has 1 fully saturated rings. The lowest BCUT2D eigenvalue weighted by molar-refractivity contribution is -0.150. The zero-order chi connectivity index (χ0) is 14.7. The van der Waals surface area contributed by atoms with Crippen LogP contribution in [-0.4, -0.2) is 28.8 Å². The minimum Gasteiger partial charge on any atom is -0.343 e. The van der Waals surface area contributed by atoms with E-state index < -0.39 is 12.1 Å². The van der Waals surface area contributed by atoms with Gasteiger partial charge in [0.2, 0.25) is 11.8 Å². The quantitative estimate of drug-likeness (QED) is 0.913. The van der Waals surface area contributed by atoms with Gasteiger partial charge in [0.15, 0.2) is 0 Å². The molecule has 108 valence electrons. The largest absolute Gasteiger partial charge is 0.343 e. The van der Waals surface area contributed by atoms with Crippen LogP contribution in [0, 0.1) is 5.82 Å². The fourth-order valence-corrected chi connectivity index (χ4v) is 2.53. The number of piperazine rings is 1. The Balaban J connectivity index is 2.24. The van der Waals surface area contributed by atoms with Gasteiger partial charge in [-0.25, -0.2) is 4.39 Å². The van der Waals surface area contributed by atoms with E-state index in [0.29, 0.717) is 18.4 Å². The minimum absolute atomic E-state index is 0.0942. The summed E-state index contributed by atoms with van der Waals surface area (Å²) in [5.74, 6) is -0.560. The first kappa shape index (κ1) is 14.5. The van der Waals surface area contributed by atoms with Crippen molar-refractivity contribution in [2.75, 3.05) is 0 Å². The molecule has 1 aliphatic heterocycles. The molecular weight excluding hydrogens is 259 g/mol. The molecule has 20 heavy (non-hydrogen) atoms. The molecule has 0 aliphatic carbocycles. The van der Waals surface area contributed by atoms with Gasteiger partial charge in [0.25, 0.3) is 0 Å². The fourth-order valence-electron chi connectivity index (χ4n) is 2.53. The second-order valence-electron chi connectivity index (χ2n) is 4.99. The first-order valence-corrected chi connectivity index (χ1v) is 6.92. The smallest absolute Gasteiger partial charge is 0.246 e. The van der Waals surface area contributed by atoms with Gasteiger partial charge in [0, 0.05) is 6.54 Å². The summed E-state index contributed by atoms with van der Waals surface area (Å²) in [6.45, 7) is 3.98. The predicted octanol–water partition coefficient (Wildman–Crippen LogP) is 1.84. The maximum absolute atomic E-state index is 13.2. The Morgan fingerprint density at radius 3 is 2.60 bits per heavy atom. The van der Waals surface area contributed by atoms with E-state index in [4.69, 9.17) is 0 Å². The summed E-state index contributed by atoms with van der Waals surface area (Å²) in [4.78, 5) is 26.0. The molecule has 2 atom stereocenters. The van der Waals surface area contributed by atoms with Crippen LogP contribution in [0.15, 0.2) is 24.3 Å². The van der Waals surface area contributed by atoms with Crippen LogP contribution in [0.4, 0.5) is 4.39 Å². The van der Waals surface area contributed by atoms with Crippen LogP contribution < -0.4 is 5.32 Å².